The smallest absolute Gasteiger partial charge is 1.00 e. The third-order valence-corrected chi connectivity index (χ3v) is 4.49. The van der Waals surface area contributed by atoms with Crippen LogP contribution in [-0.4, -0.2) is 34.8 Å². The predicted molar refractivity (Wildman–Crippen MR) is 64.4 cm³/mol. The minimum Gasteiger partial charge on any atom is -1.00 e. The van der Waals surface area contributed by atoms with Gasteiger partial charge in [0.05, 0.1) is 0 Å². The van der Waals surface area contributed by atoms with Crippen molar-refractivity contribution in [3.05, 3.63) is 35.4 Å². The Morgan fingerprint density at radius 3 is 2.16 bits per heavy atom. The van der Waals surface area contributed by atoms with E-state index in [1.54, 1.807) is 12.1 Å². The molecule has 0 amide bonds. The Morgan fingerprint density at radius 1 is 1.21 bits per heavy atom. The molecule has 0 fully saturated rings. The molecule has 1 unspecified atom stereocenters. The molecular formula is C11H13NaO6S. The quantitative estimate of drug-likeness (QED) is 0.450. The molecule has 1 aromatic carbocycles. The van der Waals surface area contributed by atoms with E-state index in [0.29, 0.717) is 0 Å². The summed E-state index contributed by atoms with van der Waals surface area (Å²) in [5, 5.41) is 0. The first-order valence-corrected chi connectivity index (χ1v) is 6.35. The fraction of sp³-hybridized carbons (Fsp3) is 0.273. The first-order chi connectivity index (χ1) is 7.77. The van der Waals surface area contributed by atoms with Crippen LogP contribution >= 0.6 is 0 Å². The van der Waals surface area contributed by atoms with Crippen LogP contribution in [0.5, 0.6) is 0 Å². The van der Waals surface area contributed by atoms with Crippen molar-refractivity contribution in [2.45, 2.75) is 18.1 Å². The summed E-state index contributed by atoms with van der Waals surface area (Å²) in [6, 6.07) is 6.00. The molecule has 6 nitrogen and oxygen atoms in total. The van der Waals surface area contributed by atoms with Gasteiger partial charge in [0, 0.05) is 17.5 Å². The Balaban J connectivity index is 0. The molecule has 3 N–H and O–H groups in total. The molecule has 1 atom stereocenters. The number of carbonyl (C=O) groups is 2. The summed E-state index contributed by atoms with van der Waals surface area (Å²) < 4.78 is 29.6. The summed E-state index contributed by atoms with van der Waals surface area (Å²) in [5.41, 5.74) is 0.252. The van der Waals surface area contributed by atoms with Crippen LogP contribution in [0.4, 0.5) is 0 Å². The Labute approximate surface area is 134 Å². The number of Topliss-reactive ketones (excluding diaryl/α,β-unsaturated/α-hetero) is 2. The standard InChI is InChI=1S/C11H10O5S.Na.H2O.H/c1-11(17(14,15)16)6-9(12)7-4-2-3-5-8(7)10(11)13;;;/h2-5H,6H2,1H3,(H,14,15,16);;1H2;/q;+1;;-1. The molecular weight excluding hydrogens is 283 g/mol. The van der Waals surface area contributed by atoms with E-state index in [0.717, 1.165) is 6.92 Å². The summed E-state index contributed by atoms with van der Waals surface area (Å²) in [5.74, 6) is -1.20. The molecule has 0 aromatic heterocycles. The number of carbonyl (C=O) groups excluding carboxylic acids is 2. The molecule has 0 spiro atoms. The predicted octanol–water partition coefficient (Wildman–Crippen LogP) is -2.61. The molecule has 0 heterocycles. The zero-order chi connectivity index (χ0) is 12.8. The van der Waals surface area contributed by atoms with Crippen LogP contribution in [0.3, 0.4) is 0 Å². The van der Waals surface area contributed by atoms with Gasteiger partial charge in [-0.1, -0.05) is 24.3 Å². The van der Waals surface area contributed by atoms with Gasteiger partial charge in [0.2, 0.25) is 0 Å². The van der Waals surface area contributed by atoms with Crippen molar-refractivity contribution in [1.82, 2.24) is 0 Å². The second kappa shape index (κ2) is 5.82. The normalized spacial score (nSPS) is 22.0. The zero-order valence-electron chi connectivity index (χ0n) is 11.5. The topological polar surface area (TPSA) is 120 Å². The summed E-state index contributed by atoms with van der Waals surface area (Å²) in [4.78, 5) is 23.8. The van der Waals surface area contributed by atoms with Crippen molar-refractivity contribution < 1.29 is 59.0 Å². The Hall–Kier alpha value is -0.570. The van der Waals surface area contributed by atoms with Crippen LogP contribution < -0.4 is 29.6 Å². The van der Waals surface area contributed by atoms with E-state index in [9.17, 15) is 18.0 Å². The Morgan fingerprint density at radius 2 is 1.68 bits per heavy atom. The monoisotopic (exact) mass is 296 g/mol. The van der Waals surface area contributed by atoms with Crippen LogP contribution in [0.15, 0.2) is 24.3 Å². The second-order valence-electron chi connectivity index (χ2n) is 4.18. The second-order valence-corrected chi connectivity index (χ2v) is 6.03. The number of fused-ring (bicyclic) bond motifs is 1. The van der Waals surface area contributed by atoms with Crippen LogP contribution in [0.2, 0.25) is 0 Å². The SMILES string of the molecule is CC1(S(=O)(=O)O)CC(=O)c2ccccc2C1=O.O.[H-].[Na+]. The molecule has 1 aliphatic carbocycles. The number of hydrogen-bond donors (Lipinski definition) is 1. The Kier molecular flexibility index (Phi) is 5.65. The number of rotatable bonds is 1. The van der Waals surface area contributed by atoms with E-state index < -0.39 is 32.9 Å². The molecule has 1 aromatic rings. The fourth-order valence-corrected chi connectivity index (χ4v) is 2.56. The maximum Gasteiger partial charge on any atom is 1.00 e. The van der Waals surface area contributed by atoms with Gasteiger partial charge in [0.1, 0.15) is 0 Å². The maximum absolute atomic E-state index is 12.0. The summed E-state index contributed by atoms with van der Waals surface area (Å²) in [6.07, 6.45) is -0.526. The number of ketones is 2. The van der Waals surface area contributed by atoms with Gasteiger partial charge in [0.25, 0.3) is 10.1 Å². The van der Waals surface area contributed by atoms with Crippen molar-refractivity contribution in [2.24, 2.45) is 0 Å². The van der Waals surface area contributed by atoms with E-state index in [2.05, 4.69) is 0 Å². The van der Waals surface area contributed by atoms with Crippen molar-refractivity contribution in [2.75, 3.05) is 0 Å². The average Bonchev–Trinajstić information content (AvgIpc) is 2.25. The van der Waals surface area contributed by atoms with Crippen molar-refractivity contribution in [1.29, 1.82) is 0 Å². The molecule has 0 radical (unpaired) electrons. The first kappa shape index (κ1) is 18.4. The summed E-state index contributed by atoms with van der Waals surface area (Å²) in [6.45, 7) is 1.07. The minimum absolute atomic E-state index is 0. The molecule has 0 saturated carbocycles. The molecule has 1 aliphatic rings. The Bertz CT molecular complexity index is 630. The van der Waals surface area contributed by atoms with Gasteiger partial charge in [-0.05, 0) is 6.92 Å². The van der Waals surface area contributed by atoms with Crippen LogP contribution in [0.1, 0.15) is 35.5 Å². The van der Waals surface area contributed by atoms with E-state index >= 15 is 0 Å². The van der Waals surface area contributed by atoms with E-state index in [1.165, 1.54) is 12.1 Å². The van der Waals surface area contributed by atoms with Crippen molar-refractivity contribution in [3.8, 4) is 0 Å². The third kappa shape index (κ3) is 2.81. The number of hydrogen-bond acceptors (Lipinski definition) is 4. The molecule has 19 heavy (non-hydrogen) atoms. The maximum atomic E-state index is 12.0. The molecule has 2 rings (SSSR count). The van der Waals surface area contributed by atoms with Gasteiger partial charge in [-0.2, -0.15) is 8.42 Å². The van der Waals surface area contributed by atoms with Crippen LogP contribution in [0, 0.1) is 0 Å². The van der Waals surface area contributed by atoms with Gasteiger partial charge in [-0.15, -0.1) is 0 Å². The first-order valence-electron chi connectivity index (χ1n) is 4.91. The largest absolute Gasteiger partial charge is 1.00 e. The molecule has 0 saturated heterocycles. The van der Waals surface area contributed by atoms with Crippen molar-refractivity contribution >= 4 is 21.7 Å². The van der Waals surface area contributed by atoms with Gasteiger partial charge in [-0.3, -0.25) is 14.1 Å². The molecule has 0 aliphatic heterocycles. The minimum atomic E-state index is -4.62. The third-order valence-electron chi connectivity index (χ3n) is 3.02. The molecule has 8 heteroatoms. The summed E-state index contributed by atoms with van der Waals surface area (Å²) >= 11 is 0. The number of benzene rings is 1. The van der Waals surface area contributed by atoms with Crippen molar-refractivity contribution in [3.63, 3.8) is 0 Å². The van der Waals surface area contributed by atoms with Crippen LogP contribution in [-0.2, 0) is 10.1 Å². The van der Waals surface area contributed by atoms with Crippen LogP contribution in [0.25, 0.3) is 0 Å². The van der Waals surface area contributed by atoms with Gasteiger partial charge in [0.15, 0.2) is 16.3 Å². The van der Waals surface area contributed by atoms with E-state index in [1.807, 2.05) is 0 Å². The fourth-order valence-electron chi connectivity index (χ4n) is 1.90. The van der Waals surface area contributed by atoms with Gasteiger partial charge in [-0.25, -0.2) is 0 Å². The van der Waals surface area contributed by atoms with Gasteiger partial charge >= 0.3 is 29.6 Å². The molecule has 100 valence electrons. The zero-order valence-corrected chi connectivity index (χ0v) is 13.3. The average molecular weight is 296 g/mol. The summed E-state index contributed by atoms with van der Waals surface area (Å²) in [7, 11) is -4.62. The van der Waals surface area contributed by atoms with E-state index in [4.69, 9.17) is 4.55 Å². The van der Waals surface area contributed by atoms with E-state index in [-0.39, 0.29) is 47.6 Å². The molecule has 0 bridgehead atoms. The van der Waals surface area contributed by atoms with Gasteiger partial charge < -0.3 is 6.90 Å².